The number of sulfone groups is 1. The molecule has 0 bridgehead atoms. The molecule has 1 aromatic heterocycles. The van der Waals surface area contributed by atoms with Gasteiger partial charge in [0.05, 0.1) is 28.3 Å². The Bertz CT molecular complexity index is 876. The molecule has 1 aromatic carbocycles. The Hall–Kier alpha value is -2.32. The molecule has 0 atom stereocenters. The lowest BCUT2D eigenvalue weighted by Crippen LogP contribution is -2.30. The number of esters is 1. The molecule has 0 spiro atoms. The van der Waals surface area contributed by atoms with Crippen molar-refractivity contribution >= 4 is 33.3 Å². The van der Waals surface area contributed by atoms with Gasteiger partial charge in [-0.2, -0.15) is 0 Å². The molecule has 1 amide bonds. The molecular weight excluding hydrogens is 370 g/mol. The molecule has 7 nitrogen and oxygen atoms in total. The van der Waals surface area contributed by atoms with Crippen molar-refractivity contribution in [2.75, 3.05) is 19.9 Å². The standard InChI is InChI=1S/C16H16ClNO6S/c1-18(9-11-4-3-7-23-11)15(19)10-24-16(20)13-8-12(25(2,21)22)5-6-14(13)17/h3-8H,9-10H2,1-2H3. The number of carbonyl (C=O) groups excluding carboxylic acids is 2. The van der Waals surface area contributed by atoms with Crippen molar-refractivity contribution < 1.29 is 27.2 Å². The van der Waals surface area contributed by atoms with Crippen LogP contribution in [0.25, 0.3) is 0 Å². The Labute approximate surface area is 150 Å². The van der Waals surface area contributed by atoms with Gasteiger partial charge in [-0.15, -0.1) is 0 Å². The van der Waals surface area contributed by atoms with Gasteiger partial charge in [0.15, 0.2) is 16.4 Å². The Kier molecular flexibility index (Phi) is 5.86. The number of benzene rings is 1. The first-order chi connectivity index (χ1) is 11.7. The first kappa shape index (κ1) is 19.0. The van der Waals surface area contributed by atoms with Crippen molar-refractivity contribution in [1.82, 2.24) is 4.90 Å². The van der Waals surface area contributed by atoms with Crippen molar-refractivity contribution in [2.24, 2.45) is 0 Å². The number of furan rings is 1. The highest BCUT2D eigenvalue weighted by Gasteiger charge is 2.19. The molecule has 25 heavy (non-hydrogen) atoms. The van der Waals surface area contributed by atoms with Gasteiger partial charge in [0.25, 0.3) is 5.91 Å². The van der Waals surface area contributed by atoms with Crippen LogP contribution in [0.2, 0.25) is 5.02 Å². The Morgan fingerprint density at radius 2 is 2.00 bits per heavy atom. The minimum Gasteiger partial charge on any atom is -0.467 e. The van der Waals surface area contributed by atoms with E-state index in [4.69, 9.17) is 20.8 Å². The molecule has 0 N–H and O–H groups in total. The predicted octanol–water partition coefficient (Wildman–Crippen LogP) is 2.15. The third-order valence-electron chi connectivity index (χ3n) is 3.31. The first-order valence-corrected chi connectivity index (χ1v) is 9.38. The maximum absolute atomic E-state index is 12.1. The fourth-order valence-electron chi connectivity index (χ4n) is 1.93. The summed E-state index contributed by atoms with van der Waals surface area (Å²) in [7, 11) is -1.96. The third kappa shape index (κ3) is 5.07. The molecule has 0 fully saturated rings. The molecule has 0 unspecified atom stereocenters. The van der Waals surface area contributed by atoms with Crippen molar-refractivity contribution in [1.29, 1.82) is 0 Å². The van der Waals surface area contributed by atoms with E-state index in [1.54, 1.807) is 12.1 Å². The van der Waals surface area contributed by atoms with E-state index < -0.39 is 28.3 Å². The topological polar surface area (TPSA) is 93.9 Å². The second-order valence-corrected chi connectivity index (χ2v) is 7.74. The highest BCUT2D eigenvalue weighted by molar-refractivity contribution is 7.90. The van der Waals surface area contributed by atoms with Gasteiger partial charge >= 0.3 is 5.97 Å². The highest BCUT2D eigenvalue weighted by Crippen LogP contribution is 2.21. The second-order valence-electron chi connectivity index (χ2n) is 5.32. The lowest BCUT2D eigenvalue weighted by Gasteiger charge is -2.15. The Balaban J connectivity index is 2.01. The molecule has 2 rings (SSSR count). The summed E-state index contributed by atoms with van der Waals surface area (Å²) in [6.45, 7) is -0.275. The van der Waals surface area contributed by atoms with Gasteiger partial charge in [-0.1, -0.05) is 11.6 Å². The van der Waals surface area contributed by atoms with Crippen LogP contribution in [0.15, 0.2) is 45.9 Å². The number of halogens is 1. The van der Waals surface area contributed by atoms with Crippen molar-refractivity contribution in [3.05, 3.63) is 52.9 Å². The SMILES string of the molecule is CN(Cc1ccco1)C(=O)COC(=O)c1cc(S(C)(=O)=O)ccc1Cl. The zero-order valence-electron chi connectivity index (χ0n) is 13.6. The molecule has 0 aliphatic heterocycles. The number of rotatable bonds is 6. The van der Waals surface area contributed by atoms with Crippen LogP contribution in [0.1, 0.15) is 16.1 Å². The van der Waals surface area contributed by atoms with Crippen LogP contribution in [0.5, 0.6) is 0 Å². The van der Waals surface area contributed by atoms with E-state index in [9.17, 15) is 18.0 Å². The molecule has 9 heteroatoms. The summed E-state index contributed by atoms with van der Waals surface area (Å²) in [5.41, 5.74) is -0.119. The van der Waals surface area contributed by atoms with E-state index in [2.05, 4.69) is 0 Å². The van der Waals surface area contributed by atoms with Crippen LogP contribution in [0.3, 0.4) is 0 Å². The molecule has 0 saturated carbocycles. The third-order valence-corrected chi connectivity index (χ3v) is 4.75. The molecular formula is C16H16ClNO6S. The smallest absolute Gasteiger partial charge is 0.340 e. The summed E-state index contributed by atoms with van der Waals surface area (Å²) < 4.78 is 33.2. The lowest BCUT2D eigenvalue weighted by atomic mass is 10.2. The number of hydrogen-bond donors (Lipinski definition) is 0. The molecule has 1 heterocycles. The molecule has 0 saturated heterocycles. The summed E-state index contributed by atoms with van der Waals surface area (Å²) in [5.74, 6) is -0.735. The van der Waals surface area contributed by atoms with Crippen LogP contribution >= 0.6 is 11.6 Å². The number of carbonyl (C=O) groups is 2. The van der Waals surface area contributed by atoms with Gasteiger partial charge in [-0.05, 0) is 30.3 Å². The quantitative estimate of drug-likeness (QED) is 0.707. The summed E-state index contributed by atoms with van der Waals surface area (Å²) >= 11 is 5.91. The van der Waals surface area contributed by atoms with Crippen LogP contribution in [-0.2, 0) is 25.9 Å². The largest absolute Gasteiger partial charge is 0.467 e. The zero-order valence-corrected chi connectivity index (χ0v) is 15.1. The fraction of sp³-hybridized carbons (Fsp3) is 0.250. The van der Waals surface area contributed by atoms with Gasteiger partial charge in [0, 0.05) is 13.3 Å². The fourth-order valence-corrected chi connectivity index (χ4v) is 2.77. The maximum atomic E-state index is 12.1. The van der Waals surface area contributed by atoms with Gasteiger partial charge in [0.2, 0.25) is 0 Å². The number of nitrogens with zero attached hydrogens (tertiary/aromatic N) is 1. The molecule has 0 radical (unpaired) electrons. The molecule has 0 aliphatic rings. The average Bonchev–Trinajstić information content (AvgIpc) is 3.04. The average molecular weight is 386 g/mol. The monoisotopic (exact) mass is 385 g/mol. The predicted molar refractivity (Wildman–Crippen MR) is 90.0 cm³/mol. The Morgan fingerprint density at radius 3 is 2.60 bits per heavy atom. The van der Waals surface area contributed by atoms with Crippen molar-refractivity contribution in [3.63, 3.8) is 0 Å². The summed E-state index contributed by atoms with van der Waals surface area (Å²) in [4.78, 5) is 25.4. The molecule has 2 aromatic rings. The Morgan fingerprint density at radius 1 is 1.28 bits per heavy atom. The van der Waals surface area contributed by atoms with E-state index in [0.717, 1.165) is 12.3 Å². The van der Waals surface area contributed by atoms with Crippen LogP contribution in [-0.4, -0.2) is 45.1 Å². The van der Waals surface area contributed by atoms with Gasteiger partial charge < -0.3 is 14.1 Å². The van der Waals surface area contributed by atoms with Crippen LogP contribution in [0.4, 0.5) is 0 Å². The van der Waals surface area contributed by atoms with Crippen molar-refractivity contribution in [3.8, 4) is 0 Å². The molecule has 134 valence electrons. The van der Waals surface area contributed by atoms with E-state index in [0.29, 0.717) is 5.76 Å². The number of amides is 1. The number of hydrogen-bond acceptors (Lipinski definition) is 6. The van der Waals surface area contributed by atoms with E-state index in [-0.39, 0.29) is 22.0 Å². The van der Waals surface area contributed by atoms with E-state index in [1.165, 1.54) is 30.3 Å². The van der Waals surface area contributed by atoms with E-state index >= 15 is 0 Å². The van der Waals surface area contributed by atoms with Gasteiger partial charge in [-0.25, -0.2) is 13.2 Å². The lowest BCUT2D eigenvalue weighted by molar-refractivity contribution is -0.133. The minimum absolute atomic E-state index is 0.0359. The second kappa shape index (κ2) is 7.71. The normalized spacial score (nSPS) is 11.2. The summed E-state index contributed by atoms with van der Waals surface area (Å²) in [6, 6.07) is 7.11. The summed E-state index contributed by atoms with van der Waals surface area (Å²) in [6.07, 6.45) is 2.50. The molecule has 0 aliphatic carbocycles. The summed E-state index contributed by atoms with van der Waals surface area (Å²) in [5, 5.41) is 0.0359. The number of ether oxygens (including phenoxy) is 1. The minimum atomic E-state index is -3.50. The van der Waals surface area contributed by atoms with Crippen molar-refractivity contribution in [2.45, 2.75) is 11.4 Å². The maximum Gasteiger partial charge on any atom is 0.340 e. The zero-order chi connectivity index (χ0) is 18.6. The van der Waals surface area contributed by atoms with Gasteiger partial charge in [-0.3, -0.25) is 4.79 Å². The van der Waals surface area contributed by atoms with Crippen LogP contribution in [0, 0.1) is 0 Å². The van der Waals surface area contributed by atoms with Crippen LogP contribution < -0.4 is 0 Å². The highest BCUT2D eigenvalue weighted by atomic mass is 35.5. The van der Waals surface area contributed by atoms with Gasteiger partial charge in [0.1, 0.15) is 5.76 Å². The van der Waals surface area contributed by atoms with E-state index in [1.807, 2.05) is 0 Å². The number of likely N-dealkylation sites (N-methyl/N-ethyl adjacent to an activating group) is 1. The first-order valence-electron chi connectivity index (χ1n) is 7.11.